The molecule has 2 unspecified atom stereocenters. The number of benzene rings is 2. The molecule has 13 heteroatoms. The first-order valence-electron chi connectivity index (χ1n) is 12.1. The fourth-order valence-corrected chi connectivity index (χ4v) is 4.53. The number of carbonyl (C=O) groups is 5. The average molecular weight is 536 g/mol. The average Bonchev–Trinajstić information content (AvgIpc) is 3.35. The molecule has 0 aliphatic carbocycles. The zero-order chi connectivity index (χ0) is 27.7. The highest BCUT2D eigenvalue weighted by molar-refractivity contribution is 6.22. The van der Waals surface area contributed by atoms with Crippen molar-refractivity contribution in [3.8, 4) is 0 Å². The molecule has 0 aromatic heterocycles. The molecule has 13 nitrogen and oxygen atoms in total. The smallest absolute Gasteiger partial charge is 0.325 e. The molecule has 2 aromatic carbocycles. The van der Waals surface area contributed by atoms with Crippen LogP contribution in [0.25, 0.3) is 0 Å². The third kappa shape index (κ3) is 5.10. The summed E-state index contributed by atoms with van der Waals surface area (Å²) in [5, 5.41) is 28.7. The van der Waals surface area contributed by atoms with Crippen LogP contribution in [-0.4, -0.2) is 93.5 Å². The molecular weight excluding hydrogens is 510 g/mol. The van der Waals surface area contributed by atoms with Gasteiger partial charge in [0.05, 0.1) is 11.1 Å². The maximum atomic E-state index is 12.7. The number of hydrogen-bond acceptors (Lipinski definition) is 8. The van der Waals surface area contributed by atoms with E-state index in [1.54, 1.807) is 42.5 Å². The summed E-state index contributed by atoms with van der Waals surface area (Å²) in [6.07, 6.45) is -3.35. The molecular formula is C26H25N5O8. The van der Waals surface area contributed by atoms with Crippen LogP contribution in [0.1, 0.15) is 31.1 Å². The molecule has 1 saturated heterocycles. The Hall–Kier alpha value is -4.59. The molecule has 5 rings (SSSR count). The standard InChI is InChI=1S/C26H25N5O8/c32-19(13-31-23(36)15-8-4-5-9-16(15)24(31)37)27-12-17-20(33)21(34)25(39-17)30-11-10-18(29-26(30)38)28-22(35)14-6-2-1-3-7-14/h1-11,17-18,20-21,25,33-34H,12-13H2,(H,27,32)(H,28,35)(H,29,38)/t17-,18?,20+,21?,25-/m1/s1. The van der Waals surface area contributed by atoms with Crippen molar-refractivity contribution in [2.24, 2.45) is 0 Å². The summed E-state index contributed by atoms with van der Waals surface area (Å²) in [4.78, 5) is 64.3. The second-order valence-corrected chi connectivity index (χ2v) is 9.11. The highest BCUT2D eigenvalue weighted by Gasteiger charge is 2.47. The Balaban J connectivity index is 1.14. The molecule has 6 amide bonds. The minimum absolute atomic E-state index is 0.213. The monoisotopic (exact) mass is 535 g/mol. The summed E-state index contributed by atoms with van der Waals surface area (Å²) in [5.74, 6) is -2.24. The number of amides is 6. The van der Waals surface area contributed by atoms with Gasteiger partial charge in [0.2, 0.25) is 5.91 Å². The van der Waals surface area contributed by atoms with Gasteiger partial charge in [-0.3, -0.25) is 29.0 Å². The first-order chi connectivity index (χ1) is 18.7. The SMILES string of the molecule is O=C(CN1C(=O)c2ccccc2C1=O)NC[C@H]1O[C@@H](N2C=CC(NC(=O)c3ccccc3)NC2=O)C(O)[C@H]1O. The van der Waals surface area contributed by atoms with Crippen molar-refractivity contribution < 1.29 is 38.9 Å². The number of nitrogens with one attached hydrogen (secondary N) is 3. The van der Waals surface area contributed by atoms with Crippen LogP contribution in [0.3, 0.4) is 0 Å². The van der Waals surface area contributed by atoms with E-state index < -0.39 is 66.9 Å². The van der Waals surface area contributed by atoms with Crippen LogP contribution in [0, 0.1) is 0 Å². The first-order valence-corrected chi connectivity index (χ1v) is 12.1. The van der Waals surface area contributed by atoms with Crippen LogP contribution in [0.4, 0.5) is 4.79 Å². The molecule has 5 atom stereocenters. The van der Waals surface area contributed by atoms with Gasteiger partial charge in [-0.1, -0.05) is 30.3 Å². The summed E-state index contributed by atoms with van der Waals surface area (Å²) in [7, 11) is 0. The van der Waals surface area contributed by atoms with Gasteiger partial charge in [0, 0.05) is 18.3 Å². The Morgan fingerprint density at radius 3 is 2.21 bits per heavy atom. The summed E-state index contributed by atoms with van der Waals surface area (Å²) in [5.41, 5.74) is 0.837. The lowest BCUT2D eigenvalue weighted by Gasteiger charge is -2.32. The highest BCUT2D eigenvalue weighted by Crippen LogP contribution is 2.26. The van der Waals surface area contributed by atoms with Gasteiger partial charge in [0.25, 0.3) is 17.7 Å². The van der Waals surface area contributed by atoms with Crippen molar-refractivity contribution in [3.63, 3.8) is 0 Å². The predicted octanol–water partition coefficient (Wildman–Crippen LogP) is -0.859. The van der Waals surface area contributed by atoms with Gasteiger partial charge >= 0.3 is 6.03 Å². The highest BCUT2D eigenvalue weighted by atomic mass is 16.6. The van der Waals surface area contributed by atoms with Gasteiger partial charge in [-0.25, -0.2) is 4.79 Å². The Bertz CT molecular complexity index is 1310. The third-order valence-corrected chi connectivity index (χ3v) is 6.57. The molecule has 39 heavy (non-hydrogen) atoms. The van der Waals surface area contributed by atoms with E-state index >= 15 is 0 Å². The summed E-state index contributed by atoms with van der Waals surface area (Å²) >= 11 is 0. The van der Waals surface area contributed by atoms with Gasteiger partial charge < -0.3 is 30.9 Å². The number of imide groups is 1. The number of aliphatic hydroxyl groups excluding tert-OH is 2. The molecule has 2 aromatic rings. The number of urea groups is 1. The van der Waals surface area contributed by atoms with E-state index in [9.17, 15) is 34.2 Å². The van der Waals surface area contributed by atoms with Crippen molar-refractivity contribution >= 4 is 29.7 Å². The van der Waals surface area contributed by atoms with E-state index in [-0.39, 0.29) is 17.7 Å². The Morgan fingerprint density at radius 1 is 0.923 bits per heavy atom. The Kier molecular flexibility index (Phi) is 7.11. The molecule has 3 aliphatic heterocycles. The number of carbonyl (C=O) groups excluding carboxylic acids is 5. The van der Waals surface area contributed by atoms with Gasteiger partial charge in [-0.15, -0.1) is 0 Å². The van der Waals surface area contributed by atoms with Gasteiger partial charge in [-0.05, 0) is 30.3 Å². The number of nitrogens with zero attached hydrogens (tertiary/aromatic N) is 2. The van der Waals surface area contributed by atoms with Crippen LogP contribution < -0.4 is 16.0 Å². The molecule has 3 aliphatic rings. The molecule has 5 N–H and O–H groups in total. The van der Waals surface area contributed by atoms with Crippen LogP contribution in [-0.2, 0) is 9.53 Å². The molecule has 3 heterocycles. The van der Waals surface area contributed by atoms with E-state index in [1.807, 2.05) is 0 Å². The number of ether oxygens (including phenoxy) is 1. The maximum Gasteiger partial charge on any atom is 0.325 e. The van der Waals surface area contributed by atoms with Crippen molar-refractivity contribution in [2.45, 2.75) is 30.7 Å². The van der Waals surface area contributed by atoms with Gasteiger partial charge in [-0.2, -0.15) is 0 Å². The zero-order valence-corrected chi connectivity index (χ0v) is 20.4. The summed E-state index contributed by atoms with van der Waals surface area (Å²) in [6.45, 7) is -0.792. The molecule has 0 bridgehead atoms. The molecule has 0 saturated carbocycles. The lowest BCUT2D eigenvalue weighted by molar-refractivity contribution is -0.122. The predicted molar refractivity (Wildman–Crippen MR) is 133 cm³/mol. The van der Waals surface area contributed by atoms with Gasteiger partial charge in [0.1, 0.15) is 31.0 Å². The van der Waals surface area contributed by atoms with Crippen molar-refractivity contribution in [3.05, 3.63) is 83.6 Å². The molecule has 1 fully saturated rings. The second-order valence-electron chi connectivity index (χ2n) is 9.11. The zero-order valence-electron chi connectivity index (χ0n) is 20.4. The molecule has 202 valence electrons. The largest absolute Gasteiger partial charge is 0.387 e. The van der Waals surface area contributed by atoms with Crippen molar-refractivity contribution in [2.75, 3.05) is 13.1 Å². The second kappa shape index (κ2) is 10.6. The van der Waals surface area contributed by atoms with Crippen LogP contribution >= 0.6 is 0 Å². The van der Waals surface area contributed by atoms with Crippen LogP contribution in [0.15, 0.2) is 66.9 Å². The summed E-state index contributed by atoms with van der Waals surface area (Å²) in [6, 6.07) is 14.0. The van der Waals surface area contributed by atoms with Crippen molar-refractivity contribution in [1.82, 2.24) is 25.8 Å². The third-order valence-electron chi connectivity index (χ3n) is 6.57. The van der Waals surface area contributed by atoms with Crippen LogP contribution in [0.5, 0.6) is 0 Å². The van der Waals surface area contributed by atoms with Crippen molar-refractivity contribution in [1.29, 1.82) is 0 Å². The van der Waals surface area contributed by atoms with E-state index in [1.165, 1.54) is 24.4 Å². The van der Waals surface area contributed by atoms with E-state index in [0.29, 0.717) is 5.56 Å². The minimum Gasteiger partial charge on any atom is -0.387 e. The number of aliphatic hydroxyl groups is 2. The number of hydrogen-bond donors (Lipinski definition) is 5. The van der Waals surface area contributed by atoms with E-state index in [2.05, 4.69) is 16.0 Å². The normalized spacial score (nSPS) is 25.9. The quantitative estimate of drug-likeness (QED) is 0.284. The Labute approximate surface area is 222 Å². The fraction of sp³-hybridized carbons (Fsp3) is 0.269. The van der Waals surface area contributed by atoms with Gasteiger partial charge in [0.15, 0.2) is 6.23 Å². The first kappa shape index (κ1) is 26.0. The lowest BCUT2D eigenvalue weighted by atomic mass is 10.1. The molecule has 0 spiro atoms. The minimum atomic E-state index is -1.51. The Morgan fingerprint density at radius 2 is 1.56 bits per heavy atom. The fourth-order valence-electron chi connectivity index (χ4n) is 4.53. The van der Waals surface area contributed by atoms with Crippen LogP contribution in [0.2, 0.25) is 0 Å². The topological polar surface area (TPSA) is 178 Å². The number of fused-ring (bicyclic) bond motifs is 1. The van der Waals surface area contributed by atoms with E-state index in [0.717, 1.165) is 9.80 Å². The molecule has 0 radical (unpaired) electrons. The maximum absolute atomic E-state index is 12.7. The summed E-state index contributed by atoms with van der Waals surface area (Å²) < 4.78 is 5.66. The lowest BCUT2D eigenvalue weighted by Crippen LogP contribution is -2.57. The number of rotatable bonds is 7. The van der Waals surface area contributed by atoms with E-state index in [4.69, 9.17) is 4.74 Å².